The van der Waals surface area contributed by atoms with Gasteiger partial charge in [-0.2, -0.15) is 0 Å². The number of rotatable bonds is 9. The molecule has 0 aromatic heterocycles. The first-order chi connectivity index (χ1) is 12.9. The number of ether oxygens (including phenoxy) is 3. The van der Waals surface area contributed by atoms with Gasteiger partial charge in [-0.3, -0.25) is 9.59 Å². The Kier molecular flexibility index (Phi) is 7.91. The van der Waals surface area contributed by atoms with E-state index in [0.717, 1.165) is 0 Å². The maximum absolute atomic E-state index is 12.7. The molecule has 7 nitrogen and oxygen atoms in total. The molecule has 1 unspecified atom stereocenters. The van der Waals surface area contributed by atoms with E-state index in [0.29, 0.717) is 55.6 Å². The Bertz CT molecular complexity index is 639. The van der Waals surface area contributed by atoms with Crippen molar-refractivity contribution >= 4 is 11.9 Å². The van der Waals surface area contributed by atoms with Crippen LogP contribution in [0.5, 0.6) is 11.5 Å². The van der Waals surface area contributed by atoms with Crippen LogP contribution in [-0.4, -0.2) is 50.5 Å². The van der Waals surface area contributed by atoms with Crippen LogP contribution in [0.2, 0.25) is 0 Å². The summed E-state index contributed by atoms with van der Waals surface area (Å²) >= 11 is 0. The Hall–Kier alpha value is -2.28. The molecule has 7 heteroatoms. The fourth-order valence-electron chi connectivity index (χ4n) is 3.06. The third-order valence-corrected chi connectivity index (χ3v) is 4.64. The number of methoxy groups -OCH3 is 1. The van der Waals surface area contributed by atoms with E-state index >= 15 is 0 Å². The van der Waals surface area contributed by atoms with Gasteiger partial charge in [-0.15, -0.1) is 0 Å². The maximum atomic E-state index is 12.7. The van der Waals surface area contributed by atoms with Gasteiger partial charge < -0.3 is 24.6 Å². The van der Waals surface area contributed by atoms with Crippen molar-refractivity contribution in [2.45, 2.75) is 26.7 Å². The molecule has 1 aliphatic rings. The number of carboxylic acids is 1. The van der Waals surface area contributed by atoms with Crippen LogP contribution in [-0.2, 0) is 9.53 Å². The minimum Gasteiger partial charge on any atom is -0.497 e. The SMILES string of the molecule is COc1ccc(C(=O)NCC(C(=O)O)C2CCOCC2)c(OCC(C)C)c1. The zero-order valence-electron chi connectivity index (χ0n) is 16.2. The lowest BCUT2D eigenvalue weighted by molar-refractivity contribution is -0.144. The summed E-state index contributed by atoms with van der Waals surface area (Å²) in [7, 11) is 1.55. The van der Waals surface area contributed by atoms with Crippen LogP contribution in [0.1, 0.15) is 37.0 Å². The molecule has 0 aliphatic carbocycles. The number of amides is 1. The van der Waals surface area contributed by atoms with E-state index in [2.05, 4.69) is 5.32 Å². The normalized spacial score (nSPS) is 16.0. The van der Waals surface area contributed by atoms with Gasteiger partial charge >= 0.3 is 5.97 Å². The molecule has 1 amide bonds. The van der Waals surface area contributed by atoms with Crippen molar-refractivity contribution in [2.24, 2.45) is 17.8 Å². The standard InChI is InChI=1S/C20H29NO6/c1-13(2)12-27-18-10-15(25-3)4-5-16(18)19(22)21-11-17(20(23)24)14-6-8-26-9-7-14/h4-5,10,13-14,17H,6-9,11-12H2,1-3H3,(H,21,22)(H,23,24). The van der Waals surface area contributed by atoms with E-state index in [-0.39, 0.29) is 18.4 Å². The third kappa shape index (κ3) is 6.13. The molecular weight excluding hydrogens is 350 g/mol. The van der Waals surface area contributed by atoms with E-state index in [1.54, 1.807) is 25.3 Å². The molecule has 0 bridgehead atoms. The predicted molar refractivity (Wildman–Crippen MR) is 100 cm³/mol. The lowest BCUT2D eigenvalue weighted by Gasteiger charge is -2.27. The van der Waals surface area contributed by atoms with Gasteiger partial charge in [0.05, 0.1) is 25.2 Å². The molecule has 1 aromatic carbocycles. The molecular formula is C20H29NO6. The molecule has 1 atom stereocenters. The lowest BCUT2D eigenvalue weighted by atomic mass is 9.86. The van der Waals surface area contributed by atoms with E-state index in [9.17, 15) is 14.7 Å². The van der Waals surface area contributed by atoms with E-state index in [4.69, 9.17) is 14.2 Å². The summed E-state index contributed by atoms with van der Waals surface area (Å²) < 4.78 is 16.3. The minimum atomic E-state index is -0.895. The highest BCUT2D eigenvalue weighted by atomic mass is 16.5. The van der Waals surface area contributed by atoms with Gasteiger partial charge in [0.1, 0.15) is 11.5 Å². The average molecular weight is 379 g/mol. The van der Waals surface area contributed by atoms with Gasteiger partial charge in [0.15, 0.2) is 0 Å². The smallest absolute Gasteiger partial charge is 0.308 e. The van der Waals surface area contributed by atoms with Crippen LogP contribution in [0.15, 0.2) is 18.2 Å². The summed E-state index contributed by atoms with van der Waals surface area (Å²) in [5.41, 5.74) is 0.368. The number of carboxylic acid groups (broad SMARTS) is 1. The zero-order valence-corrected chi connectivity index (χ0v) is 16.2. The van der Waals surface area contributed by atoms with Crippen LogP contribution in [0, 0.1) is 17.8 Å². The first-order valence-corrected chi connectivity index (χ1v) is 9.32. The second-order valence-corrected chi connectivity index (χ2v) is 7.17. The second kappa shape index (κ2) is 10.2. The fourth-order valence-corrected chi connectivity index (χ4v) is 3.06. The number of nitrogens with one attached hydrogen (secondary N) is 1. The Balaban J connectivity index is 2.07. The second-order valence-electron chi connectivity index (χ2n) is 7.17. The zero-order chi connectivity index (χ0) is 19.8. The Morgan fingerprint density at radius 1 is 1.30 bits per heavy atom. The summed E-state index contributed by atoms with van der Waals surface area (Å²) in [4.78, 5) is 24.3. The van der Waals surface area contributed by atoms with Crippen LogP contribution in [0.4, 0.5) is 0 Å². The van der Waals surface area contributed by atoms with Crippen LogP contribution < -0.4 is 14.8 Å². The third-order valence-electron chi connectivity index (χ3n) is 4.64. The lowest BCUT2D eigenvalue weighted by Crippen LogP contribution is -2.39. The summed E-state index contributed by atoms with van der Waals surface area (Å²) in [6, 6.07) is 4.99. The molecule has 1 aliphatic heterocycles. The van der Waals surface area contributed by atoms with Crippen LogP contribution in [0.25, 0.3) is 0 Å². The Morgan fingerprint density at radius 2 is 2.00 bits per heavy atom. The van der Waals surface area contributed by atoms with Crippen LogP contribution >= 0.6 is 0 Å². The van der Waals surface area contributed by atoms with E-state index < -0.39 is 11.9 Å². The van der Waals surface area contributed by atoms with E-state index in [1.165, 1.54) is 0 Å². The molecule has 2 rings (SSSR count). The monoisotopic (exact) mass is 379 g/mol. The Morgan fingerprint density at radius 3 is 2.59 bits per heavy atom. The Labute approximate surface area is 160 Å². The van der Waals surface area contributed by atoms with Crippen molar-refractivity contribution in [3.8, 4) is 11.5 Å². The number of hydrogen-bond acceptors (Lipinski definition) is 5. The van der Waals surface area contributed by atoms with Gasteiger partial charge in [-0.1, -0.05) is 13.8 Å². The van der Waals surface area contributed by atoms with Crippen molar-refractivity contribution in [1.29, 1.82) is 0 Å². The molecule has 0 radical (unpaired) electrons. The average Bonchev–Trinajstić information content (AvgIpc) is 2.66. The number of hydrogen-bond donors (Lipinski definition) is 2. The predicted octanol–water partition coefficient (Wildman–Crippen LogP) is 2.59. The molecule has 1 fully saturated rings. The summed E-state index contributed by atoms with van der Waals surface area (Å²) in [5.74, 6) is -0.547. The quantitative estimate of drug-likeness (QED) is 0.685. The summed E-state index contributed by atoms with van der Waals surface area (Å²) in [6.45, 7) is 5.71. The van der Waals surface area contributed by atoms with Gasteiger partial charge in [-0.05, 0) is 36.8 Å². The molecule has 2 N–H and O–H groups in total. The number of carbonyl (C=O) groups is 2. The van der Waals surface area contributed by atoms with Crippen molar-refractivity contribution in [3.05, 3.63) is 23.8 Å². The summed E-state index contributed by atoms with van der Waals surface area (Å²) in [5, 5.41) is 12.3. The van der Waals surface area contributed by atoms with E-state index in [1.807, 2.05) is 13.8 Å². The molecule has 1 heterocycles. The minimum absolute atomic E-state index is 0.00378. The van der Waals surface area contributed by atoms with Crippen LogP contribution in [0.3, 0.4) is 0 Å². The highest BCUT2D eigenvalue weighted by molar-refractivity contribution is 5.97. The van der Waals surface area contributed by atoms with Crippen molar-refractivity contribution in [3.63, 3.8) is 0 Å². The molecule has 27 heavy (non-hydrogen) atoms. The first-order valence-electron chi connectivity index (χ1n) is 9.32. The maximum Gasteiger partial charge on any atom is 0.308 e. The van der Waals surface area contributed by atoms with Gasteiger partial charge in [0.25, 0.3) is 5.91 Å². The molecule has 150 valence electrons. The highest BCUT2D eigenvalue weighted by Crippen LogP contribution is 2.27. The number of aliphatic carboxylic acids is 1. The first kappa shape index (κ1) is 21.0. The van der Waals surface area contributed by atoms with Gasteiger partial charge in [0, 0.05) is 25.8 Å². The highest BCUT2D eigenvalue weighted by Gasteiger charge is 2.30. The number of benzene rings is 1. The molecule has 1 saturated heterocycles. The van der Waals surface area contributed by atoms with Gasteiger partial charge in [-0.25, -0.2) is 0 Å². The largest absolute Gasteiger partial charge is 0.497 e. The van der Waals surface area contributed by atoms with Crippen molar-refractivity contribution < 1.29 is 28.9 Å². The van der Waals surface area contributed by atoms with Gasteiger partial charge in [0.2, 0.25) is 0 Å². The number of carbonyl (C=O) groups excluding carboxylic acids is 1. The molecule has 0 spiro atoms. The van der Waals surface area contributed by atoms with Crippen molar-refractivity contribution in [2.75, 3.05) is 33.5 Å². The van der Waals surface area contributed by atoms with Crippen molar-refractivity contribution in [1.82, 2.24) is 5.32 Å². The molecule has 0 saturated carbocycles. The summed E-state index contributed by atoms with van der Waals surface area (Å²) in [6.07, 6.45) is 1.39. The topological polar surface area (TPSA) is 94.1 Å². The fraction of sp³-hybridized carbons (Fsp3) is 0.600. The molecule has 1 aromatic rings.